The largest absolute Gasteiger partial charge is 0.442 e. The van der Waals surface area contributed by atoms with E-state index in [1.165, 1.54) is 37.0 Å². The molecule has 0 spiro atoms. The van der Waals surface area contributed by atoms with Gasteiger partial charge in [0.05, 0.1) is 17.3 Å². The van der Waals surface area contributed by atoms with Gasteiger partial charge in [-0.15, -0.1) is 0 Å². The van der Waals surface area contributed by atoms with Crippen LogP contribution in [0.4, 0.5) is 13.2 Å². The van der Waals surface area contributed by atoms with Crippen LogP contribution in [0.3, 0.4) is 0 Å². The molecule has 2 heterocycles. The number of halogens is 3. The zero-order valence-electron chi connectivity index (χ0n) is 11.5. The Morgan fingerprint density at radius 2 is 1.78 bits per heavy atom. The molecule has 0 aliphatic heterocycles. The van der Waals surface area contributed by atoms with Crippen molar-refractivity contribution >= 4 is 5.78 Å². The summed E-state index contributed by atoms with van der Waals surface area (Å²) < 4.78 is 42.9. The molecule has 0 bridgehead atoms. The van der Waals surface area contributed by atoms with Crippen molar-refractivity contribution in [2.24, 2.45) is 0 Å². The summed E-state index contributed by atoms with van der Waals surface area (Å²) in [7, 11) is 0. The smallest absolute Gasteiger partial charge is 0.416 e. The van der Waals surface area contributed by atoms with Crippen molar-refractivity contribution in [1.82, 2.24) is 9.97 Å². The maximum atomic E-state index is 12.6. The third-order valence-electron chi connectivity index (χ3n) is 3.22. The second-order valence-electron chi connectivity index (χ2n) is 4.66. The third-order valence-corrected chi connectivity index (χ3v) is 3.22. The zero-order valence-corrected chi connectivity index (χ0v) is 11.5. The fourth-order valence-corrected chi connectivity index (χ4v) is 2.12. The van der Waals surface area contributed by atoms with Crippen molar-refractivity contribution in [1.29, 1.82) is 0 Å². The minimum atomic E-state index is -4.41. The van der Waals surface area contributed by atoms with Crippen LogP contribution in [0.25, 0.3) is 11.1 Å². The lowest BCUT2D eigenvalue weighted by atomic mass is 9.98. The van der Waals surface area contributed by atoms with Crippen LogP contribution in [0, 0.1) is 0 Å². The van der Waals surface area contributed by atoms with Gasteiger partial charge in [-0.05, 0) is 29.3 Å². The van der Waals surface area contributed by atoms with Gasteiger partial charge in [0.2, 0.25) is 5.78 Å². The van der Waals surface area contributed by atoms with Gasteiger partial charge in [0.25, 0.3) is 5.89 Å². The second-order valence-corrected chi connectivity index (χ2v) is 4.66. The van der Waals surface area contributed by atoms with Crippen molar-refractivity contribution < 1.29 is 22.4 Å². The van der Waals surface area contributed by atoms with Gasteiger partial charge in [-0.25, -0.2) is 4.98 Å². The first-order chi connectivity index (χ1) is 11.0. The van der Waals surface area contributed by atoms with Crippen molar-refractivity contribution in [3.8, 4) is 11.1 Å². The van der Waals surface area contributed by atoms with Gasteiger partial charge in [-0.2, -0.15) is 13.2 Å². The highest BCUT2D eigenvalue weighted by Crippen LogP contribution is 2.32. The summed E-state index contributed by atoms with van der Waals surface area (Å²) >= 11 is 0. The van der Waals surface area contributed by atoms with E-state index < -0.39 is 17.5 Å². The van der Waals surface area contributed by atoms with Crippen LogP contribution in [0.15, 0.2) is 59.6 Å². The SMILES string of the molecule is O=C(c1ncco1)c1cnccc1-c1ccc(C(F)(F)F)cc1. The lowest BCUT2D eigenvalue weighted by molar-refractivity contribution is -0.137. The predicted molar refractivity (Wildman–Crippen MR) is 74.6 cm³/mol. The van der Waals surface area contributed by atoms with E-state index in [-0.39, 0.29) is 11.5 Å². The maximum absolute atomic E-state index is 12.6. The number of oxazole rings is 1. The molecule has 1 aromatic carbocycles. The Balaban J connectivity index is 2.02. The van der Waals surface area contributed by atoms with Gasteiger partial charge >= 0.3 is 6.18 Å². The number of benzene rings is 1. The van der Waals surface area contributed by atoms with E-state index >= 15 is 0 Å². The van der Waals surface area contributed by atoms with Crippen LogP contribution < -0.4 is 0 Å². The predicted octanol–water partition coefficient (Wildman–Crippen LogP) is 3.99. The van der Waals surface area contributed by atoms with Crippen LogP contribution in [0.2, 0.25) is 0 Å². The van der Waals surface area contributed by atoms with Crippen LogP contribution in [0.1, 0.15) is 21.8 Å². The van der Waals surface area contributed by atoms with E-state index in [9.17, 15) is 18.0 Å². The summed E-state index contributed by atoms with van der Waals surface area (Å²) in [6, 6.07) is 6.11. The third kappa shape index (κ3) is 2.98. The van der Waals surface area contributed by atoms with Crippen molar-refractivity contribution in [3.05, 3.63) is 72.2 Å². The normalized spacial score (nSPS) is 11.4. The lowest BCUT2D eigenvalue weighted by Crippen LogP contribution is -2.06. The Labute approximate surface area is 128 Å². The zero-order chi connectivity index (χ0) is 16.4. The van der Waals surface area contributed by atoms with E-state index in [1.807, 2.05) is 0 Å². The summed E-state index contributed by atoms with van der Waals surface area (Å²) in [4.78, 5) is 20.0. The number of carbonyl (C=O) groups excluding carboxylic acids is 1. The Morgan fingerprint density at radius 1 is 1.04 bits per heavy atom. The Bertz CT molecular complexity index is 825. The van der Waals surface area contributed by atoms with Crippen LogP contribution in [-0.4, -0.2) is 15.8 Å². The molecule has 23 heavy (non-hydrogen) atoms. The van der Waals surface area contributed by atoms with Gasteiger partial charge in [0, 0.05) is 12.4 Å². The number of alkyl halides is 3. The Kier molecular flexibility index (Phi) is 3.69. The van der Waals surface area contributed by atoms with E-state index in [4.69, 9.17) is 4.42 Å². The topological polar surface area (TPSA) is 56.0 Å². The molecule has 0 amide bonds. The second kappa shape index (κ2) is 5.68. The first-order valence-electron chi connectivity index (χ1n) is 6.52. The standard InChI is InChI=1S/C16H9F3N2O2/c17-16(18,19)11-3-1-10(2-4-11)12-5-6-20-9-13(12)14(22)15-21-7-8-23-15/h1-9H. The van der Waals surface area contributed by atoms with Gasteiger partial charge in [0.1, 0.15) is 6.26 Å². The molecule has 0 N–H and O–H groups in total. The van der Waals surface area contributed by atoms with Crippen LogP contribution >= 0.6 is 0 Å². The number of hydrogen-bond donors (Lipinski definition) is 0. The number of rotatable bonds is 3. The van der Waals surface area contributed by atoms with Crippen LogP contribution in [0.5, 0.6) is 0 Å². The molecule has 116 valence electrons. The number of pyridine rings is 1. The molecule has 0 fully saturated rings. The van der Waals surface area contributed by atoms with Crippen molar-refractivity contribution in [2.45, 2.75) is 6.18 Å². The quantitative estimate of drug-likeness (QED) is 0.685. The first-order valence-corrected chi connectivity index (χ1v) is 6.52. The summed E-state index contributed by atoms with van der Waals surface area (Å²) in [5.41, 5.74) is 0.373. The average molecular weight is 318 g/mol. The molecule has 4 nitrogen and oxygen atoms in total. The molecule has 0 saturated heterocycles. The van der Waals surface area contributed by atoms with Crippen molar-refractivity contribution in [2.75, 3.05) is 0 Å². The fourth-order valence-electron chi connectivity index (χ4n) is 2.12. The van der Waals surface area contributed by atoms with Gasteiger partial charge < -0.3 is 4.42 Å². The van der Waals surface area contributed by atoms with Gasteiger partial charge in [-0.1, -0.05) is 12.1 Å². The number of ketones is 1. The molecule has 2 aromatic heterocycles. The molecule has 0 aliphatic carbocycles. The summed E-state index contributed by atoms with van der Waals surface area (Å²) in [5.74, 6) is -0.593. The summed E-state index contributed by atoms with van der Waals surface area (Å²) in [6.45, 7) is 0. The van der Waals surface area contributed by atoms with Gasteiger partial charge in [0.15, 0.2) is 0 Å². The maximum Gasteiger partial charge on any atom is 0.416 e. The minimum absolute atomic E-state index is 0.105. The molecule has 0 atom stereocenters. The number of hydrogen-bond acceptors (Lipinski definition) is 4. The van der Waals surface area contributed by atoms with E-state index in [0.29, 0.717) is 11.1 Å². The average Bonchev–Trinajstić information content (AvgIpc) is 3.08. The first kappa shape index (κ1) is 15.0. The molecule has 3 aromatic rings. The lowest BCUT2D eigenvalue weighted by Gasteiger charge is -2.09. The molecular weight excluding hydrogens is 309 g/mol. The fraction of sp³-hybridized carbons (Fsp3) is 0.0625. The monoisotopic (exact) mass is 318 g/mol. The molecule has 7 heteroatoms. The molecule has 0 unspecified atom stereocenters. The van der Waals surface area contributed by atoms with Crippen LogP contribution in [-0.2, 0) is 6.18 Å². The van der Waals surface area contributed by atoms with Crippen molar-refractivity contribution in [3.63, 3.8) is 0 Å². The summed E-state index contributed by atoms with van der Waals surface area (Å²) in [5, 5.41) is 0. The number of carbonyl (C=O) groups is 1. The minimum Gasteiger partial charge on any atom is -0.442 e. The number of aromatic nitrogens is 2. The summed E-state index contributed by atoms with van der Waals surface area (Å²) in [6.07, 6.45) is 0.981. The van der Waals surface area contributed by atoms with E-state index in [1.54, 1.807) is 6.07 Å². The molecule has 0 saturated carbocycles. The molecule has 0 aliphatic rings. The Hall–Kier alpha value is -2.96. The number of nitrogens with zero attached hydrogens (tertiary/aromatic N) is 2. The van der Waals surface area contributed by atoms with E-state index in [2.05, 4.69) is 9.97 Å². The highest BCUT2D eigenvalue weighted by atomic mass is 19.4. The highest BCUT2D eigenvalue weighted by Gasteiger charge is 2.30. The highest BCUT2D eigenvalue weighted by molar-refractivity contribution is 6.10. The van der Waals surface area contributed by atoms with Gasteiger partial charge in [-0.3, -0.25) is 9.78 Å². The molecule has 0 radical (unpaired) electrons. The van der Waals surface area contributed by atoms with E-state index in [0.717, 1.165) is 12.1 Å². The Morgan fingerprint density at radius 3 is 2.39 bits per heavy atom. The molecular formula is C16H9F3N2O2. The molecule has 3 rings (SSSR count).